The molecule has 0 bridgehead atoms. The minimum absolute atomic E-state index is 0. The van der Waals surface area contributed by atoms with Crippen LogP contribution in [-0.2, 0) is 0 Å². The Labute approximate surface area is 151 Å². The fraction of sp³-hybridized carbons (Fsp3) is 0.200. The average molecular weight is 305 g/mol. The summed E-state index contributed by atoms with van der Waals surface area (Å²) in [5.41, 5.74) is -0.167. The van der Waals surface area contributed by atoms with Gasteiger partial charge < -0.3 is 4.85 Å². The van der Waals surface area contributed by atoms with Gasteiger partial charge in [-0.15, -0.1) is 0 Å². The fourth-order valence-electron chi connectivity index (χ4n) is 0.962. The molecule has 0 aliphatic heterocycles. The molecular formula is C20H24AlN+3. The molecule has 15 radical (unpaired) electrons. The van der Waals surface area contributed by atoms with Gasteiger partial charge in [0.2, 0.25) is 5.54 Å². The van der Waals surface area contributed by atoms with Gasteiger partial charge in [-0.25, -0.2) is 6.57 Å². The van der Waals surface area contributed by atoms with Gasteiger partial charge in [-0.3, -0.25) is 0 Å². The van der Waals surface area contributed by atoms with Crippen LogP contribution in [-0.4, -0.2) is 22.9 Å². The molecule has 0 spiro atoms. The molecule has 0 aromatic carbocycles. The van der Waals surface area contributed by atoms with Crippen molar-refractivity contribution in [1.29, 1.82) is 0 Å². The zero-order valence-corrected chi connectivity index (χ0v) is 14.8. The Morgan fingerprint density at radius 3 is 0.636 bits per heavy atom. The molecule has 3 aliphatic rings. The van der Waals surface area contributed by atoms with E-state index in [0.29, 0.717) is 0 Å². The molecule has 0 unspecified atom stereocenters. The number of hydrogen-bond acceptors (Lipinski definition) is 0. The third-order valence-electron chi connectivity index (χ3n) is 2.00. The first kappa shape index (κ1) is 24.3. The van der Waals surface area contributed by atoms with E-state index in [9.17, 15) is 0 Å². The zero-order valence-electron chi connectivity index (χ0n) is 13.7. The first-order valence-corrected chi connectivity index (χ1v) is 6.95. The summed E-state index contributed by atoms with van der Waals surface area (Å²) in [6.45, 7) is 12.1. The van der Waals surface area contributed by atoms with Gasteiger partial charge >= 0.3 is 17.4 Å². The number of nitrogens with zero attached hydrogens (tertiary/aromatic N) is 1. The van der Waals surface area contributed by atoms with Crippen molar-refractivity contribution in [2.45, 2.75) is 26.3 Å². The van der Waals surface area contributed by atoms with E-state index in [2.05, 4.69) is 4.85 Å². The Morgan fingerprint density at radius 1 is 0.500 bits per heavy atom. The van der Waals surface area contributed by atoms with Crippen LogP contribution in [0.1, 0.15) is 20.8 Å². The van der Waals surface area contributed by atoms with Crippen molar-refractivity contribution in [2.24, 2.45) is 0 Å². The molecule has 22 heavy (non-hydrogen) atoms. The standard InChI is InChI=1S/C5H9N.3C5H5.Al/c1-5(2,3)6-4;3*1-2-4-5-3-1;/h1-3H3;3*1-5H;/q;;;;+3. The second-order valence-corrected chi connectivity index (χ2v) is 5.17. The van der Waals surface area contributed by atoms with Crippen LogP contribution in [0.2, 0.25) is 0 Å². The number of hydrogen-bond donors (Lipinski definition) is 0. The Balaban J connectivity index is 0. The van der Waals surface area contributed by atoms with Crippen LogP contribution >= 0.6 is 0 Å². The summed E-state index contributed by atoms with van der Waals surface area (Å²) in [6.07, 6.45) is 30.0. The maximum Gasteiger partial charge on any atom is 3.00 e. The van der Waals surface area contributed by atoms with Gasteiger partial charge in [-0.1, -0.05) is 0 Å². The van der Waals surface area contributed by atoms with Crippen LogP contribution in [0.5, 0.6) is 0 Å². The predicted molar refractivity (Wildman–Crippen MR) is 96.6 cm³/mol. The predicted octanol–water partition coefficient (Wildman–Crippen LogP) is 4.39. The molecule has 3 fully saturated rings. The van der Waals surface area contributed by atoms with Gasteiger partial charge in [0, 0.05) is 20.8 Å². The second-order valence-electron chi connectivity index (χ2n) is 5.17. The van der Waals surface area contributed by atoms with E-state index in [1.165, 1.54) is 0 Å². The van der Waals surface area contributed by atoms with E-state index in [1.807, 2.05) is 117 Å². The smallest absolute Gasteiger partial charge is 0.311 e. The van der Waals surface area contributed by atoms with Crippen molar-refractivity contribution in [1.82, 2.24) is 0 Å². The van der Waals surface area contributed by atoms with Gasteiger partial charge in [-0.2, -0.15) is 0 Å². The molecule has 0 atom stereocenters. The van der Waals surface area contributed by atoms with Crippen molar-refractivity contribution < 1.29 is 0 Å². The molecule has 0 saturated heterocycles. The SMILES string of the molecule is [Al+3].[C-]#[N+]C(C)(C)C.[CH]1[CH][CH][CH][CH]1.[CH]1[CH][CH][CH][CH]1.[CH]1[CH][CH][CH][CH]1. The summed E-state index contributed by atoms with van der Waals surface area (Å²) in [6, 6.07) is 0. The monoisotopic (exact) mass is 305 g/mol. The van der Waals surface area contributed by atoms with Gasteiger partial charge in [0.15, 0.2) is 0 Å². The summed E-state index contributed by atoms with van der Waals surface area (Å²) in [5.74, 6) is 0. The van der Waals surface area contributed by atoms with Crippen LogP contribution in [0, 0.1) is 103 Å². The molecule has 2 heteroatoms. The van der Waals surface area contributed by atoms with E-state index < -0.39 is 0 Å². The van der Waals surface area contributed by atoms with E-state index >= 15 is 0 Å². The van der Waals surface area contributed by atoms with Gasteiger partial charge in [0.25, 0.3) is 0 Å². The summed E-state index contributed by atoms with van der Waals surface area (Å²) in [7, 11) is 0. The van der Waals surface area contributed by atoms with Crippen molar-refractivity contribution in [3.63, 3.8) is 0 Å². The Bertz CT molecular complexity index is 191. The molecule has 0 aromatic rings. The van der Waals surface area contributed by atoms with E-state index in [0.717, 1.165) is 0 Å². The van der Waals surface area contributed by atoms with Crippen LogP contribution in [0.15, 0.2) is 0 Å². The van der Waals surface area contributed by atoms with Gasteiger partial charge in [-0.05, 0) is 96.3 Å². The van der Waals surface area contributed by atoms with Crippen molar-refractivity contribution in [3.05, 3.63) is 108 Å². The summed E-state index contributed by atoms with van der Waals surface area (Å²) in [4.78, 5) is 3.27. The third kappa shape index (κ3) is 22.3. The molecule has 0 amide bonds. The maximum absolute atomic E-state index is 6.48. The third-order valence-corrected chi connectivity index (χ3v) is 2.00. The fourth-order valence-corrected chi connectivity index (χ4v) is 0.962. The van der Waals surface area contributed by atoms with Crippen molar-refractivity contribution in [3.8, 4) is 0 Å². The Morgan fingerprint density at radius 2 is 0.591 bits per heavy atom. The summed E-state index contributed by atoms with van der Waals surface area (Å²) in [5, 5.41) is 0. The quantitative estimate of drug-likeness (QED) is 0.462. The van der Waals surface area contributed by atoms with Gasteiger partial charge in [0.05, 0.1) is 0 Å². The van der Waals surface area contributed by atoms with Crippen LogP contribution in [0.3, 0.4) is 0 Å². The molecule has 3 rings (SSSR count). The van der Waals surface area contributed by atoms with Crippen molar-refractivity contribution >= 4 is 17.4 Å². The summed E-state index contributed by atoms with van der Waals surface area (Å²) < 4.78 is 0. The normalized spacial score (nSPS) is 19.2. The van der Waals surface area contributed by atoms with Crippen LogP contribution < -0.4 is 0 Å². The molecule has 1 nitrogen and oxygen atoms in total. The minimum atomic E-state index is -0.167. The first-order valence-electron chi connectivity index (χ1n) is 6.95. The van der Waals surface area contributed by atoms with Crippen LogP contribution in [0.25, 0.3) is 4.85 Å². The topological polar surface area (TPSA) is 4.36 Å². The average Bonchev–Trinajstić information content (AvgIpc) is 3.26. The molecule has 3 saturated carbocycles. The molecule has 3 aliphatic carbocycles. The molecule has 0 aromatic heterocycles. The van der Waals surface area contributed by atoms with E-state index in [-0.39, 0.29) is 22.9 Å². The summed E-state index contributed by atoms with van der Waals surface area (Å²) >= 11 is 0. The molecular weight excluding hydrogens is 281 g/mol. The second kappa shape index (κ2) is 17.4. The molecule has 0 heterocycles. The molecule has 0 N–H and O–H groups in total. The molecule has 109 valence electrons. The van der Waals surface area contributed by atoms with Gasteiger partial charge in [0.1, 0.15) is 0 Å². The maximum atomic E-state index is 6.48. The van der Waals surface area contributed by atoms with Crippen LogP contribution in [0.4, 0.5) is 0 Å². The first-order chi connectivity index (χ1) is 10.1. The largest absolute Gasteiger partial charge is 3.00 e. The Hall–Kier alpha value is 0.0225. The zero-order chi connectivity index (χ0) is 15.8. The van der Waals surface area contributed by atoms with E-state index in [4.69, 9.17) is 6.57 Å². The van der Waals surface area contributed by atoms with Crippen molar-refractivity contribution in [2.75, 3.05) is 0 Å². The number of rotatable bonds is 0. The Kier molecular flexibility index (Phi) is 19.2. The minimum Gasteiger partial charge on any atom is -0.311 e. The van der Waals surface area contributed by atoms with E-state index in [1.54, 1.807) is 0 Å².